The van der Waals surface area contributed by atoms with Crippen molar-refractivity contribution in [1.29, 1.82) is 0 Å². The maximum atomic E-state index is 10.2. The molecular weight excluding hydrogens is 376 g/mol. The monoisotopic (exact) mass is 400 g/mol. The average molecular weight is 400 g/mol. The van der Waals surface area contributed by atoms with Crippen molar-refractivity contribution in [3.8, 4) is 17.2 Å². The van der Waals surface area contributed by atoms with Crippen LogP contribution in [-0.2, 0) is 6.54 Å². The number of anilines is 2. The largest absolute Gasteiger partial charge is 0.504 e. The fourth-order valence-corrected chi connectivity index (χ4v) is 3.47. The third-order valence-corrected chi connectivity index (χ3v) is 5.16. The van der Waals surface area contributed by atoms with Crippen molar-refractivity contribution >= 4 is 22.9 Å². The van der Waals surface area contributed by atoms with Crippen LogP contribution >= 0.6 is 0 Å². The maximum absolute atomic E-state index is 10.2. The molecule has 1 fully saturated rings. The molecule has 1 aromatic carbocycles. The summed E-state index contributed by atoms with van der Waals surface area (Å²) in [5.74, 6) is 0.575. The molecule has 1 aliphatic carbocycles. The van der Waals surface area contributed by atoms with Gasteiger partial charge in [0.15, 0.2) is 28.5 Å². The number of benzene rings is 1. The van der Waals surface area contributed by atoms with Gasteiger partial charge in [-0.05, 0) is 37.8 Å². The third kappa shape index (κ3) is 3.94. The quantitative estimate of drug-likeness (QED) is 0.333. The molecule has 11 nitrogen and oxygen atoms in total. The van der Waals surface area contributed by atoms with Gasteiger partial charge in [-0.15, -0.1) is 5.10 Å². The van der Waals surface area contributed by atoms with Crippen LogP contribution in [0.25, 0.3) is 11.2 Å². The summed E-state index contributed by atoms with van der Waals surface area (Å²) in [5, 5.41) is 37.3. The fourth-order valence-electron chi connectivity index (χ4n) is 3.47. The number of nitrogens with zero attached hydrogens (tertiary/aromatic N) is 4. The summed E-state index contributed by atoms with van der Waals surface area (Å²) in [6, 6.07) is 3.77. The molecule has 2 heterocycles. The number of hydrogen-bond donors (Lipinski definition) is 6. The van der Waals surface area contributed by atoms with Gasteiger partial charge in [0, 0.05) is 24.2 Å². The number of aromatic amines is 1. The van der Waals surface area contributed by atoms with Gasteiger partial charge in [-0.1, -0.05) is 5.21 Å². The van der Waals surface area contributed by atoms with Crippen LogP contribution < -0.4 is 21.1 Å². The average Bonchev–Trinajstić information content (AvgIpc) is 3.19. The standard InChI is InChI=1S/C18H24N8O3/c1-29-12-7-2-9(14(27)15(12)28)8-20-16-13-17(25-26-24-13)23-18(22-16)21-11-5-3-10(19)4-6-11/h2,7,10-11,27-28H,3-6,8,19H2,1H3,(H3,20,21,22,23,24,25,26). The van der Waals surface area contributed by atoms with Crippen LogP contribution in [0.3, 0.4) is 0 Å². The molecule has 3 aromatic rings. The van der Waals surface area contributed by atoms with Crippen LogP contribution in [0.2, 0.25) is 0 Å². The summed E-state index contributed by atoms with van der Waals surface area (Å²) < 4.78 is 5.00. The molecule has 0 amide bonds. The second kappa shape index (κ2) is 7.95. The summed E-state index contributed by atoms with van der Waals surface area (Å²) in [4.78, 5) is 8.97. The zero-order chi connectivity index (χ0) is 20.4. The molecule has 4 rings (SSSR count). The first-order valence-electron chi connectivity index (χ1n) is 9.47. The van der Waals surface area contributed by atoms with Gasteiger partial charge in [-0.3, -0.25) is 0 Å². The first kappa shape index (κ1) is 19.0. The lowest BCUT2D eigenvalue weighted by Crippen LogP contribution is -2.33. The van der Waals surface area contributed by atoms with Gasteiger partial charge in [0.25, 0.3) is 0 Å². The number of methoxy groups -OCH3 is 1. The number of ether oxygens (including phenoxy) is 1. The molecule has 0 aliphatic heterocycles. The van der Waals surface area contributed by atoms with Gasteiger partial charge in [0.05, 0.1) is 7.11 Å². The molecule has 0 unspecified atom stereocenters. The molecule has 154 valence electrons. The SMILES string of the molecule is COc1ccc(CNc2nc(NC3CCC(N)CC3)nc3[nH]nnc23)c(O)c1O. The Morgan fingerprint density at radius 3 is 2.72 bits per heavy atom. The van der Waals surface area contributed by atoms with Crippen LogP contribution in [0, 0.1) is 0 Å². The van der Waals surface area contributed by atoms with E-state index < -0.39 is 0 Å². The normalized spacial score (nSPS) is 19.2. The molecule has 0 saturated heterocycles. The lowest BCUT2D eigenvalue weighted by atomic mass is 9.92. The zero-order valence-corrected chi connectivity index (χ0v) is 16.0. The second-order valence-electron chi connectivity index (χ2n) is 7.14. The number of nitrogens with two attached hydrogens (primary N) is 1. The Hall–Kier alpha value is -3.34. The predicted octanol–water partition coefficient (Wildman–Crippen LogP) is 1.46. The Morgan fingerprint density at radius 2 is 1.97 bits per heavy atom. The van der Waals surface area contributed by atoms with Crippen LogP contribution in [-0.4, -0.2) is 54.8 Å². The highest BCUT2D eigenvalue weighted by atomic mass is 16.5. The van der Waals surface area contributed by atoms with Gasteiger partial charge < -0.3 is 31.3 Å². The fraction of sp³-hybridized carbons (Fsp3) is 0.444. The summed E-state index contributed by atoms with van der Waals surface area (Å²) in [6.07, 6.45) is 3.87. The molecule has 1 saturated carbocycles. The van der Waals surface area contributed by atoms with Crippen molar-refractivity contribution in [3.05, 3.63) is 17.7 Å². The molecule has 11 heteroatoms. The van der Waals surface area contributed by atoms with Crippen molar-refractivity contribution in [1.82, 2.24) is 25.4 Å². The number of rotatable bonds is 6. The van der Waals surface area contributed by atoms with E-state index in [1.54, 1.807) is 12.1 Å². The Balaban J connectivity index is 1.54. The van der Waals surface area contributed by atoms with E-state index in [0.29, 0.717) is 28.5 Å². The van der Waals surface area contributed by atoms with E-state index in [1.165, 1.54) is 7.11 Å². The Kier molecular flexibility index (Phi) is 5.21. The third-order valence-electron chi connectivity index (χ3n) is 5.16. The highest BCUT2D eigenvalue weighted by Gasteiger charge is 2.20. The zero-order valence-electron chi connectivity index (χ0n) is 16.0. The van der Waals surface area contributed by atoms with E-state index in [4.69, 9.17) is 10.5 Å². The van der Waals surface area contributed by atoms with Crippen molar-refractivity contribution in [2.45, 2.75) is 44.3 Å². The summed E-state index contributed by atoms with van der Waals surface area (Å²) in [7, 11) is 1.42. The highest BCUT2D eigenvalue weighted by molar-refractivity contribution is 5.83. The molecule has 0 radical (unpaired) electrons. The molecule has 2 aromatic heterocycles. The Morgan fingerprint density at radius 1 is 1.17 bits per heavy atom. The number of H-pyrrole nitrogens is 1. The molecule has 0 bridgehead atoms. The van der Waals surface area contributed by atoms with E-state index in [0.717, 1.165) is 25.7 Å². The van der Waals surface area contributed by atoms with Crippen molar-refractivity contribution < 1.29 is 14.9 Å². The number of aromatic hydroxyl groups is 2. The van der Waals surface area contributed by atoms with Crippen molar-refractivity contribution in [2.75, 3.05) is 17.7 Å². The minimum atomic E-state index is -0.307. The van der Waals surface area contributed by atoms with Crippen LogP contribution in [0.15, 0.2) is 12.1 Å². The van der Waals surface area contributed by atoms with Crippen LogP contribution in [0.1, 0.15) is 31.2 Å². The number of aromatic nitrogens is 5. The van der Waals surface area contributed by atoms with E-state index >= 15 is 0 Å². The first-order valence-corrected chi connectivity index (χ1v) is 9.47. The molecule has 1 aliphatic rings. The maximum Gasteiger partial charge on any atom is 0.227 e. The van der Waals surface area contributed by atoms with Crippen molar-refractivity contribution in [2.24, 2.45) is 5.73 Å². The minimum Gasteiger partial charge on any atom is -0.504 e. The van der Waals surface area contributed by atoms with E-state index in [1.807, 2.05) is 0 Å². The summed E-state index contributed by atoms with van der Waals surface area (Å²) in [5.41, 5.74) is 7.44. The molecule has 0 atom stereocenters. The van der Waals surface area contributed by atoms with Crippen LogP contribution in [0.5, 0.6) is 17.2 Å². The number of nitrogens with one attached hydrogen (secondary N) is 3. The van der Waals surface area contributed by atoms with E-state index in [9.17, 15) is 10.2 Å². The predicted molar refractivity (Wildman–Crippen MR) is 107 cm³/mol. The topological polar surface area (TPSA) is 167 Å². The minimum absolute atomic E-state index is 0.200. The number of fused-ring (bicyclic) bond motifs is 1. The lowest BCUT2D eigenvalue weighted by molar-refractivity contribution is 0.349. The first-order chi connectivity index (χ1) is 14.0. The molecule has 7 N–H and O–H groups in total. The Bertz CT molecular complexity index is 1000. The number of phenolic OH excluding ortho intramolecular Hbond substituents is 2. The van der Waals surface area contributed by atoms with Gasteiger partial charge in [-0.2, -0.15) is 9.97 Å². The van der Waals surface area contributed by atoms with Crippen LogP contribution in [0.4, 0.5) is 11.8 Å². The van der Waals surface area contributed by atoms with E-state index in [2.05, 4.69) is 36.0 Å². The van der Waals surface area contributed by atoms with Gasteiger partial charge in [-0.25, -0.2) is 5.10 Å². The summed E-state index contributed by atoms with van der Waals surface area (Å²) in [6.45, 7) is 0.208. The molecular formula is C18H24N8O3. The number of hydrogen-bond acceptors (Lipinski definition) is 10. The smallest absolute Gasteiger partial charge is 0.227 e. The summed E-state index contributed by atoms with van der Waals surface area (Å²) >= 11 is 0. The van der Waals surface area contributed by atoms with Gasteiger partial charge >= 0.3 is 0 Å². The van der Waals surface area contributed by atoms with Crippen molar-refractivity contribution in [3.63, 3.8) is 0 Å². The Labute approximate surface area is 166 Å². The number of phenols is 2. The molecule has 29 heavy (non-hydrogen) atoms. The highest BCUT2D eigenvalue weighted by Crippen LogP contribution is 2.38. The van der Waals surface area contributed by atoms with Gasteiger partial charge in [0.2, 0.25) is 11.7 Å². The molecule has 0 spiro atoms. The lowest BCUT2D eigenvalue weighted by Gasteiger charge is -2.26. The second-order valence-corrected chi connectivity index (χ2v) is 7.14. The van der Waals surface area contributed by atoms with E-state index in [-0.39, 0.29) is 35.9 Å². The van der Waals surface area contributed by atoms with Gasteiger partial charge in [0.1, 0.15) is 0 Å².